The number of anilines is 1. The third-order valence-corrected chi connectivity index (χ3v) is 3.56. The normalized spacial score (nSPS) is 10.3. The van der Waals surface area contributed by atoms with Crippen LogP contribution in [0.5, 0.6) is 0 Å². The molecule has 0 aliphatic rings. The lowest BCUT2D eigenvalue weighted by Gasteiger charge is -2.11. The van der Waals surface area contributed by atoms with Crippen LogP contribution < -0.4 is 10.7 Å². The summed E-state index contributed by atoms with van der Waals surface area (Å²) in [5, 5.41) is 11.6. The van der Waals surface area contributed by atoms with Crippen molar-refractivity contribution in [2.75, 3.05) is 5.32 Å². The molecule has 1 heterocycles. The number of carbonyl (C=O) groups is 1. The van der Waals surface area contributed by atoms with Crippen LogP contribution in [0, 0.1) is 17.1 Å². The zero-order valence-electron chi connectivity index (χ0n) is 12.5. The molecule has 3 aromatic rings. The largest absolute Gasteiger partial charge is 0.335 e. The number of hydrogen-bond acceptors (Lipinski definition) is 3. The van der Waals surface area contributed by atoms with Gasteiger partial charge in [0, 0.05) is 23.3 Å². The Balaban J connectivity index is 1.87. The number of pyridine rings is 1. The molecule has 0 aliphatic heterocycles. The molecule has 0 spiro atoms. The van der Waals surface area contributed by atoms with Crippen LogP contribution in [-0.4, -0.2) is 10.5 Å². The lowest BCUT2D eigenvalue weighted by molar-refractivity contribution is -0.116. The van der Waals surface area contributed by atoms with Gasteiger partial charge in [0.15, 0.2) is 5.43 Å². The molecule has 0 atom stereocenters. The van der Waals surface area contributed by atoms with Crippen molar-refractivity contribution >= 4 is 22.5 Å². The van der Waals surface area contributed by atoms with Crippen molar-refractivity contribution in [3.8, 4) is 6.07 Å². The van der Waals surface area contributed by atoms with Gasteiger partial charge in [0.2, 0.25) is 5.91 Å². The van der Waals surface area contributed by atoms with Gasteiger partial charge in [-0.05, 0) is 36.4 Å². The average molecular weight is 321 g/mol. The molecule has 24 heavy (non-hydrogen) atoms. The van der Waals surface area contributed by atoms with Crippen LogP contribution in [-0.2, 0) is 11.3 Å². The first-order chi connectivity index (χ1) is 11.6. The van der Waals surface area contributed by atoms with Crippen LogP contribution in [0.3, 0.4) is 0 Å². The van der Waals surface area contributed by atoms with Crippen LogP contribution in [0.2, 0.25) is 0 Å². The molecule has 0 radical (unpaired) electrons. The molecule has 0 aliphatic carbocycles. The minimum Gasteiger partial charge on any atom is -0.335 e. The smallest absolute Gasteiger partial charge is 0.244 e. The van der Waals surface area contributed by atoms with E-state index in [1.54, 1.807) is 24.3 Å². The Labute approximate surface area is 136 Å². The Morgan fingerprint density at radius 2 is 1.92 bits per heavy atom. The van der Waals surface area contributed by atoms with Gasteiger partial charge < -0.3 is 9.88 Å². The molecule has 0 fully saturated rings. The molecule has 3 rings (SSSR count). The summed E-state index contributed by atoms with van der Waals surface area (Å²) in [6.45, 7) is -0.141. The standard InChI is InChI=1S/C18H12FN3O2/c19-15-3-1-2-14-16(23)8-9-22(18(14)15)11-17(24)21-13-6-4-12(10-20)5-7-13/h1-9H,11H2,(H,21,24). The fraction of sp³-hybridized carbons (Fsp3) is 0.0556. The number of para-hydroxylation sites is 1. The lowest BCUT2D eigenvalue weighted by Crippen LogP contribution is -2.20. The molecule has 118 valence electrons. The van der Waals surface area contributed by atoms with Gasteiger partial charge in [-0.1, -0.05) is 6.07 Å². The van der Waals surface area contributed by atoms with Crippen molar-refractivity contribution in [2.45, 2.75) is 6.54 Å². The van der Waals surface area contributed by atoms with Gasteiger partial charge in [-0.3, -0.25) is 9.59 Å². The van der Waals surface area contributed by atoms with Gasteiger partial charge in [-0.15, -0.1) is 0 Å². The summed E-state index contributed by atoms with van der Waals surface area (Å²) in [5.74, 6) is -0.927. The van der Waals surface area contributed by atoms with E-state index in [9.17, 15) is 14.0 Å². The van der Waals surface area contributed by atoms with Crippen LogP contribution in [0.4, 0.5) is 10.1 Å². The number of amides is 1. The Morgan fingerprint density at radius 3 is 2.62 bits per heavy atom. The Bertz CT molecular complexity index is 1020. The van der Waals surface area contributed by atoms with E-state index >= 15 is 0 Å². The number of aromatic nitrogens is 1. The van der Waals surface area contributed by atoms with E-state index in [1.165, 1.54) is 35.0 Å². The maximum Gasteiger partial charge on any atom is 0.244 e. The van der Waals surface area contributed by atoms with Gasteiger partial charge in [-0.2, -0.15) is 5.26 Å². The average Bonchev–Trinajstić information content (AvgIpc) is 2.58. The van der Waals surface area contributed by atoms with Gasteiger partial charge in [-0.25, -0.2) is 4.39 Å². The van der Waals surface area contributed by atoms with E-state index in [1.807, 2.05) is 6.07 Å². The third-order valence-electron chi connectivity index (χ3n) is 3.56. The highest BCUT2D eigenvalue weighted by Gasteiger charge is 2.11. The number of nitrogens with one attached hydrogen (secondary N) is 1. The molecular formula is C18H12FN3O2. The van der Waals surface area contributed by atoms with Crippen LogP contribution in [0.15, 0.2) is 59.5 Å². The minimum absolute atomic E-state index is 0.0972. The molecule has 1 aromatic heterocycles. The summed E-state index contributed by atoms with van der Waals surface area (Å²) in [7, 11) is 0. The van der Waals surface area contributed by atoms with E-state index in [0.717, 1.165) is 0 Å². The zero-order chi connectivity index (χ0) is 17.1. The molecule has 2 aromatic carbocycles. The second-order valence-electron chi connectivity index (χ2n) is 5.18. The number of halogens is 1. The van der Waals surface area contributed by atoms with Gasteiger partial charge in [0.05, 0.1) is 17.1 Å². The highest BCUT2D eigenvalue weighted by atomic mass is 19.1. The number of nitriles is 1. The van der Waals surface area contributed by atoms with Crippen LogP contribution >= 0.6 is 0 Å². The quantitative estimate of drug-likeness (QED) is 0.806. The summed E-state index contributed by atoms with van der Waals surface area (Å²) in [6, 6.07) is 13.9. The predicted octanol–water partition coefficient (Wildman–Crippen LogP) is 2.65. The zero-order valence-corrected chi connectivity index (χ0v) is 12.5. The molecule has 0 unspecified atom stereocenters. The summed E-state index contributed by atoms with van der Waals surface area (Å²) in [6.07, 6.45) is 1.39. The number of nitrogens with zero attached hydrogens (tertiary/aromatic N) is 2. The maximum absolute atomic E-state index is 14.1. The van der Waals surface area contributed by atoms with Crippen molar-refractivity contribution in [1.82, 2.24) is 4.57 Å². The summed E-state index contributed by atoms with van der Waals surface area (Å²) in [4.78, 5) is 24.0. The Morgan fingerprint density at radius 1 is 1.17 bits per heavy atom. The lowest BCUT2D eigenvalue weighted by atomic mass is 10.2. The van der Waals surface area contributed by atoms with Crippen molar-refractivity contribution < 1.29 is 9.18 Å². The molecule has 1 N–H and O–H groups in total. The molecule has 0 saturated heterocycles. The molecular weight excluding hydrogens is 309 g/mol. The molecule has 6 heteroatoms. The number of benzene rings is 2. The number of hydrogen-bond donors (Lipinski definition) is 1. The highest BCUT2D eigenvalue weighted by Crippen LogP contribution is 2.15. The minimum atomic E-state index is -0.559. The van der Waals surface area contributed by atoms with Gasteiger partial charge in [0.25, 0.3) is 0 Å². The predicted molar refractivity (Wildman–Crippen MR) is 88.0 cm³/mol. The maximum atomic E-state index is 14.1. The fourth-order valence-electron chi connectivity index (χ4n) is 2.44. The summed E-state index contributed by atoms with van der Waals surface area (Å²) < 4.78 is 15.5. The van der Waals surface area contributed by atoms with Crippen LogP contribution in [0.25, 0.3) is 10.9 Å². The molecule has 5 nitrogen and oxygen atoms in total. The van der Waals surface area contributed by atoms with E-state index in [2.05, 4.69) is 5.32 Å². The van der Waals surface area contributed by atoms with Crippen LogP contribution in [0.1, 0.15) is 5.56 Å². The molecule has 0 saturated carbocycles. The first-order valence-electron chi connectivity index (χ1n) is 7.16. The Kier molecular flexibility index (Phi) is 4.08. The second-order valence-corrected chi connectivity index (χ2v) is 5.18. The SMILES string of the molecule is N#Cc1ccc(NC(=O)Cn2ccc(=O)c3cccc(F)c32)cc1. The van der Waals surface area contributed by atoms with E-state index < -0.39 is 5.82 Å². The summed E-state index contributed by atoms with van der Waals surface area (Å²) >= 11 is 0. The monoisotopic (exact) mass is 321 g/mol. The van der Waals surface area contributed by atoms with Crippen molar-refractivity contribution in [3.05, 3.63) is 76.3 Å². The van der Waals surface area contributed by atoms with E-state index in [-0.39, 0.29) is 28.8 Å². The molecule has 1 amide bonds. The fourth-order valence-corrected chi connectivity index (χ4v) is 2.44. The first-order valence-corrected chi connectivity index (χ1v) is 7.16. The highest BCUT2D eigenvalue weighted by molar-refractivity contribution is 5.91. The topological polar surface area (TPSA) is 74.9 Å². The Hall–Kier alpha value is -3.46. The number of carbonyl (C=O) groups excluding carboxylic acids is 1. The van der Waals surface area contributed by atoms with E-state index in [0.29, 0.717) is 11.3 Å². The third kappa shape index (κ3) is 3.01. The second kappa shape index (κ2) is 6.34. The summed E-state index contributed by atoms with van der Waals surface area (Å²) in [5.41, 5.74) is 0.819. The first kappa shape index (κ1) is 15.4. The van der Waals surface area contributed by atoms with Crippen molar-refractivity contribution in [1.29, 1.82) is 5.26 Å². The number of fused-ring (bicyclic) bond motifs is 1. The van der Waals surface area contributed by atoms with Crippen molar-refractivity contribution in [2.24, 2.45) is 0 Å². The van der Waals surface area contributed by atoms with Gasteiger partial charge >= 0.3 is 0 Å². The van der Waals surface area contributed by atoms with Crippen molar-refractivity contribution in [3.63, 3.8) is 0 Å². The van der Waals surface area contributed by atoms with E-state index in [4.69, 9.17) is 5.26 Å². The molecule has 0 bridgehead atoms. The van der Waals surface area contributed by atoms with Gasteiger partial charge in [0.1, 0.15) is 12.4 Å². The number of rotatable bonds is 3.